The van der Waals surface area contributed by atoms with E-state index in [1.165, 1.54) is 19.3 Å². The summed E-state index contributed by atoms with van der Waals surface area (Å²) in [6.45, 7) is 6.91. The summed E-state index contributed by atoms with van der Waals surface area (Å²) in [4.78, 5) is 0. The topological polar surface area (TPSA) is 0 Å². The fraction of sp³-hybridized carbons (Fsp3) is 0.889. The smallest absolute Gasteiger partial charge is 0.0298 e. The maximum Gasteiger partial charge on any atom is -0.0298 e. The van der Waals surface area contributed by atoms with Crippen molar-refractivity contribution in [3.8, 4) is 0 Å². The van der Waals surface area contributed by atoms with Gasteiger partial charge in [0.2, 0.25) is 0 Å². The van der Waals surface area contributed by atoms with Gasteiger partial charge in [0.05, 0.1) is 0 Å². The van der Waals surface area contributed by atoms with Gasteiger partial charge in [-0.15, -0.1) is 0 Å². The molecule has 1 fully saturated rings. The van der Waals surface area contributed by atoms with E-state index < -0.39 is 0 Å². The van der Waals surface area contributed by atoms with Gasteiger partial charge in [0.15, 0.2) is 0 Å². The maximum atomic E-state index is 2.52. The fourth-order valence-corrected chi connectivity index (χ4v) is 1.02. The third-order valence-corrected chi connectivity index (χ3v) is 2.22. The Hall–Kier alpha value is 0. The lowest BCUT2D eigenvalue weighted by molar-refractivity contribution is 0.400. The molecule has 0 unspecified atom stereocenters. The molecule has 0 aromatic carbocycles. The molecule has 0 aliphatic heterocycles. The molecule has 1 radical (unpaired) electrons. The second kappa shape index (κ2) is 2.32. The molecule has 1 rings (SSSR count). The minimum absolute atomic E-state index is 0.501. The summed E-state index contributed by atoms with van der Waals surface area (Å²) < 4.78 is 0. The summed E-state index contributed by atoms with van der Waals surface area (Å²) in [5.41, 5.74) is 0.501. The van der Waals surface area contributed by atoms with E-state index in [1.54, 1.807) is 0 Å². The predicted octanol–water partition coefficient (Wildman–Crippen LogP) is 3.04. The van der Waals surface area contributed by atoms with Crippen molar-refractivity contribution in [3.63, 3.8) is 0 Å². The summed E-state index contributed by atoms with van der Waals surface area (Å²) in [5, 5.41) is 0. The minimum atomic E-state index is 0.501. The highest BCUT2D eigenvalue weighted by Gasteiger charge is 2.28. The average molecular weight is 125 g/mol. The van der Waals surface area contributed by atoms with Crippen LogP contribution in [0, 0.1) is 17.8 Å². The van der Waals surface area contributed by atoms with Crippen LogP contribution in [0.15, 0.2) is 0 Å². The largest absolute Gasteiger partial charge is 0.0649 e. The molecule has 0 nitrogen and oxygen atoms in total. The van der Waals surface area contributed by atoms with Crippen molar-refractivity contribution >= 4 is 0 Å². The van der Waals surface area contributed by atoms with Crippen LogP contribution in [-0.4, -0.2) is 0 Å². The first kappa shape index (κ1) is 7.11. The van der Waals surface area contributed by atoms with Gasteiger partial charge in [-0.25, -0.2) is 0 Å². The van der Waals surface area contributed by atoms with Gasteiger partial charge in [0.25, 0.3) is 0 Å². The van der Waals surface area contributed by atoms with E-state index in [1.807, 2.05) is 0 Å². The monoisotopic (exact) mass is 125 g/mol. The Morgan fingerprint density at radius 1 is 1.44 bits per heavy atom. The van der Waals surface area contributed by atoms with Crippen LogP contribution in [-0.2, 0) is 0 Å². The van der Waals surface area contributed by atoms with Crippen molar-refractivity contribution in [1.29, 1.82) is 0 Å². The van der Waals surface area contributed by atoms with Crippen LogP contribution in [0.4, 0.5) is 0 Å². The highest BCUT2D eigenvalue weighted by atomic mass is 14.3. The zero-order chi connectivity index (χ0) is 6.91. The van der Waals surface area contributed by atoms with Gasteiger partial charge in [0, 0.05) is 0 Å². The summed E-state index contributed by atoms with van der Waals surface area (Å²) >= 11 is 0. The first-order valence-electron chi connectivity index (χ1n) is 4.00. The van der Waals surface area contributed by atoms with Crippen LogP contribution in [0.3, 0.4) is 0 Å². The molecule has 0 spiro atoms. The van der Waals surface area contributed by atoms with Crippen molar-refractivity contribution < 1.29 is 0 Å². The molecule has 0 N–H and O–H groups in total. The quantitative estimate of drug-likeness (QED) is 0.544. The first-order valence-corrected chi connectivity index (χ1v) is 4.00. The molecule has 0 heterocycles. The Labute approximate surface area is 58.7 Å². The van der Waals surface area contributed by atoms with E-state index in [9.17, 15) is 0 Å². The third kappa shape index (κ3) is 2.38. The molecular weight excluding hydrogens is 108 g/mol. The molecule has 1 aliphatic rings. The van der Waals surface area contributed by atoms with Crippen molar-refractivity contribution in [2.75, 3.05) is 0 Å². The Bertz CT molecular complexity index is 88.2. The van der Waals surface area contributed by atoms with Gasteiger partial charge in [-0.3, -0.25) is 0 Å². The van der Waals surface area contributed by atoms with Crippen molar-refractivity contribution in [3.05, 3.63) is 6.42 Å². The lowest BCUT2D eigenvalue weighted by Crippen LogP contribution is -2.10. The third-order valence-electron chi connectivity index (χ3n) is 2.22. The van der Waals surface area contributed by atoms with Crippen LogP contribution in [0.1, 0.15) is 40.0 Å². The molecule has 1 saturated carbocycles. The van der Waals surface area contributed by atoms with Crippen LogP contribution in [0.2, 0.25) is 0 Å². The second-order valence-corrected chi connectivity index (χ2v) is 3.85. The number of rotatable bonds is 3. The molecule has 0 amide bonds. The summed E-state index contributed by atoms with van der Waals surface area (Å²) in [6, 6.07) is 0. The van der Waals surface area contributed by atoms with Crippen LogP contribution in [0.5, 0.6) is 0 Å². The molecule has 0 bridgehead atoms. The summed E-state index contributed by atoms with van der Waals surface area (Å²) in [6.07, 6.45) is 6.70. The van der Waals surface area contributed by atoms with E-state index in [4.69, 9.17) is 0 Å². The van der Waals surface area contributed by atoms with E-state index in [2.05, 4.69) is 27.2 Å². The van der Waals surface area contributed by atoms with E-state index in [0.717, 1.165) is 5.92 Å². The Morgan fingerprint density at radius 3 is 2.33 bits per heavy atom. The molecule has 1 aliphatic carbocycles. The van der Waals surface area contributed by atoms with E-state index in [-0.39, 0.29) is 0 Å². The molecule has 0 atom stereocenters. The van der Waals surface area contributed by atoms with Gasteiger partial charge in [-0.05, 0) is 30.6 Å². The van der Waals surface area contributed by atoms with E-state index in [0.29, 0.717) is 5.41 Å². The number of hydrogen-bond donors (Lipinski definition) is 0. The molecule has 0 aromatic rings. The molecule has 0 saturated heterocycles. The van der Waals surface area contributed by atoms with Crippen LogP contribution in [0.25, 0.3) is 0 Å². The minimum Gasteiger partial charge on any atom is -0.0649 e. The molecule has 0 aromatic heterocycles. The van der Waals surface area contributed by atoms with Crippen molar-refractivity contribution in [2.24, 2.45) is 11.3 Å². The number of hydrogen-bond acceptors (Lipinski definition) is 0. The lowest BCUT2D eigenvalue weighted by Gasteiger charge is -2.21. The lowest BCUT2D eigenvalue weighted by atomic mass is 9.84. The van der Waals surface area contributed by atoms with Gasteiger partial charge in [-0.1, -0.05) is 27.2 Å². The van der Waals surface area contributed by atoms with Gasteiger partial charge >= 0.3 is 0 Å². The normalized spacial score (nSPS) is 20.3. The highest BCUT2D eigenvalue weighted by Crippen LogP contribution is 2.40. The first-order chi connectivity index (χ1) is 4.14. The van der Waals surface area contributed by atoms with Gasteiger partial charge < -0.3 is 0 Å². The Balaban J connectivity index is 2.21. The standard InChI is InChI=1S/C9H17/c1-4-9(2,3)7-8-5-6-8/h7-8H,4-6H2,1-3H3. The summed E-state index contributed by atoms with van der Waals surface area (Å²) in [5.74, 6) is 0.972. The van der Waals surface area contributed by atoms with Crippen LogP contribution >= 0.6 is 0 Å². The summed E-state index contributed by atoms with van der Waals surface area (Å²) in [7, 11) is 0. The average Bonchev–Trinajstić information content (AvgIpc) is 2.50. The van der Waals surface area contributed by atoms with Crippen molar-refractivity contribution in [1.82, 2.24) is 0 Å². The molecule has 53 valence electrons. The fourth-order valence-electron chi connectivity index (χ4n) is 1.02. The van der Waals surface area contributed by atoms with Gasteiger partial charge in [0.1, 0.15) is 0 Å². The Morgan fingerprint density at radius 2 is 2.00 bits per heavy atom. The zero-order valence-electron chi connectivity index (χ0n) is 6.78. The molecule has 9 heavy (non-hydrogen) atoms. The predicted molar refractivity (Wildman–Crippen MR) is 41.1 cm³/mol. The maximum absolute atomic E-state index is 2.52. The SMILES string of the molecule is CCC(C)(C)[CH]C1CC1. The molecular formula is C9H17. The van der Waals surface area contributed by atoms with Crippen LogP contribution < -0.4 is 0 Å². The second-order valence-electron chi connectivity index (χ2n) is 3.85. The Kier molecular flexibility index (Phi) is 1.83. The highest BCUT2D eigenvalue weighted by molar-refractivity contribution is 4.95. The van der Waals surface area contributed by atoms with E-state index >= 15 is 0 Å². The molecule has 0 heteroatoms. The van der Waals surface area contributed by atoms with Gasteiger partial charge in [-0.2, -0.15) is 0 Å². The van der Waals surface area contributed by atoms with Crippen molar-refractivity contribution in [2.45, 2.75) is 40.0 Å². The zero-order valence-corrected chi connectivity index (χ0v) is 6.78.